The van der Waals surface area contributed by atoms with Gasteiger partial charge in [-0.1, -0.05) is 88.7 Å². The molecule has 270 valence electrons. The van der Waals surface area contributed by atoms with Gasteiger partial charge in [0.05, 0.1) is 31.7 Å². The third kappa shape index (κ3) is 6.22. The van der Waals surface area contributed by atoms with Gasteiger partial charge in [-0.15, -0.1) is 0 Å². The van der Waals surface area contributed by atoms with Gasteiger partial charge in [-0.2, -0.15) is 0 Å². The van der Waals surface area contributed by atoms with E-state index in [0.717, 1.165) is 0 Å². The largest absolute Gasteiger partial charge is 0.497 e. The summed E-state index contributed by atoms with van der Waals surface area (Å²) in [5.74, 6) is -3.59. The number of nitrogens with one attached hydrogen (secondary N) is 1. The average Bonchev–Trinajstić information content (AvgIpc) is 3.76. The Morgan fingerprint density at radius 1 is 0.942 bits per heavy atom. The van der Waals surface area contributed by atoms with E-state index in [-0.39, 0.29) is 18.9 Å². The Hall–Kier alpha value is -4.78. The molecule has 0 saturated carbocycles. The predicted octanol–water partition coefficient (Wildman–Crippen LogP) is 4.77. The molecule has 3 amide bonds. The van der Waals surface area contributed by atoms with Crippen LogP contribution in [0.15, 0.2) is 108 Å². The molecule has 5 bridgehead atoms. The van der Waals surface area contributed by atoms with E-state index in [2.05, 4.69) is 21.2 Å². The van der Waals surface area contributed by atoms with Crippen LogP contribution in [0.25, 0.3) is 0 Å². The van der Waals surface area contributed by atoms with Crippen molar-refractivity contribution in [3.63, 3.8) is 0 Å². The number of aliphatic hydroxyl groups excluding tert-OH is 1. The Morgan fingerprint density at radius 2 is 1.63 bits per heavy atom. The fraction of sp³-hybridized carbons (Fsp3) is 0.350. The topological polar surface area (TPSA) is 135 Å². The van der Waals surface area contributed by atoms with Crippen LogP contribution >= 0.6 is 15.9 Å². The van der Waals surface area contributed by atoms with Crippen LogP contribution in [-0.4, -0.2) is 77.7 Å². The quantitative estimate of drug-likeness (QED) is 0.271. The highest BCUT2D eigenvalue weighted by Crippen LogP contribution is 2.60. The number of carbonyl (C=O) groups is 4. The Bertz CT molecular complexity index is 1890. The molecule has 52 heavy (non-hydrogen) atoms. The third-order valence-corrected chi connectivity index (χ3v) is 11.1. The second kappa shape index (κ2) is 14.7. The zero-order valence-electron chi connectivity index (χ0n) is 28.8. The molecule has 0 unspecified atom stereocenters. The van der Waals surface area contributed by atoms with Gasteiger partial charge in [0.15, 0.2) is 0 Å². The highest BCUT2D eigenvalue weighted by atomic mass is 79.9. The number of halogens is 1. The van der Waals surface area contributed by atoms with Crippen molar-refractivity contribution in [3.05, 3.63) is 119 Å². The van der Waals surface area contributed by atoms with E-state index in [1.807, 2.05) is 48.6 Å². The first kappa shape index (κ1) is 35.6. The van der Waals surface area contributed by atoms with Crippen LogP contribution in [0.1, 0.15) is 43.0 Å². The van der Waals surface area contributed by atoms with Crippen molar-refractivity contribution in [2.24, 2.45) is 11.8 Å². The molecule has 2 fully saturated rings. The lowest BCUT2D eigenvalue weighted by molar-refractivity contribution is -0.161. The number of cyclic esters (lactones) is 1. The first-order valence-electron chi connectivity index (χ1n) is 17.4. The van der Waals surface area contributed by atoms with Crippen LogP contribution < -0.4 is 15.0 Å². The van der Waals surface area contributed by atoms with Crippen molar-refractivity contribution in [3.8, 4) is 5.75 Å². The maximum Gasteiger partial charge on any atom is 0.313 e. The Morgan fingerprint density at radius 3 is 2.31 bits per heavy atom. The van der Waals surface area contributed by atoms with Gasteiger partial charge in [-0.3, -0.25) is 19.2 Å². The van der Waals surface area contributed by atoms with Gasteiger partial charge in [0.1, 0.15) is 35.5 Å². The van der Waals surface area contributed by atoms with Gasteiger partial charge in [0, 0.05) is 23.1 Å². The van der Waals surface area contributed by atoms with Crippen LogP contribution in [0.4, 0.5) is 5.69 Å². The molecule has 3 aromatic carbocycles. The van der Waals surface area contributed by atoms with E-state index in [1.165, 1.54) is 4.90 Å². The summed E-state index contributed by atoms with van der Waals surface area (Å²) in [5.41, 5.74) is 0.246. The molecule has 3 aromatic rings. The minimum Gasteiger partial charge on any atom is -0.497 e. The molecule has 2 saturated heterocycles. The van der Waals surface area contributed by atoms with Gasteiger partial charge in [0.25, 0.3) is 5.91 Å². The molecule has 11 nitrogen and oxygen atoms in total. The number of aliphatic hydroxyl groups is 1. The first-order valence-corrected chi connectivity index (χ1v) is 18.2. The molecule has 2 N–H and O–H groups in total. The van der Waals surface area contributed by atoms with Crippen LogP contribution in [0, 0.1) is 11.8 Å². The smallest absolute Gasteiger partial charge is 0.313 e. The Labute approximate surface area is 310 Å². The number of rotatable bonds is 6. The molecular weight excluding hydrogens is 730 g/mol. The van der Waals surface area contributed by atoms with Crippen LogP contribution in [0.3, 0.4) is 0 Å². The number of allylic oxidation sites excluding steroid dienone is 1. The fourth-order valence-corrected chi connectivity index (χ4v) is 8.76. The second-order valence-corrected chi connectivity index (χ2v) is 14.4. The summed E-state index contributed by atoms with van der Waals surface area (Å²) in [6.45, 7) is 1.39. The first-order chi connectivity index (χ1) is 25.2. The number of benzene rings is 3. The van der Waals surface area contributed by atoms with Crippen molar-refractivity contribution < 1.29 is 38.5 Å². The number of amides is 3. The number of nitrogens with zero attached hydrogens (tertiary/aromatic N) is 2. The molecule has 1 spiro atoms. The van der Waals surface area contributed by atoms with Crippen molar-refractivity contribution in [2.75, 3.05) is 25.2 Å². The summed E-state index contributed by atoms with van der Waals surface area (Å²) in [6, 6.07) is 22.3. The van der Waals surface area contributed by atoms with Gasteiger partial charge in [0.2, 0.25) is 11.8 Å². The van der Waals surface area contributed by atoms with Crippen molar-refractivity contribution in [1.82, 2.24) is 10.2 Å². The van der Waals surface area contributed by atoms with E-state index in [4.69, 9.17) is 14.2 Å². The summed E-state index contributed by atoms with van der Waals surface area (Å²) >= 11 is 3.61. The second-order valence-electron chi connectivity index (χ2n) is 13.5. The Balaban J connectivity index is 1.39. The summed E-state index contributed by atoms with van der Waals surface area (Å²) in [5, 5.41) is 13.9. The summed E-state index contributed by atoms with van der Waals surface area (Å²) in [6.07, 6.45) is 4.17. The van der Waals surface area contributed by atoms with Gasteiger partial charge in [-0.05, 0) is 54.8 Å². The van der Waals surface area contributed by atoms with E-state index < -0.39 is 72.2 Å². The molecule has 4 heterocycles. The number of hydrogen-bond acceptors (Lipinski definition) is 8. The van der Waals surface area contributed by atoms with Crippen LogP contribution in [0.2, 0.25) is 0 Å². The minimum absolute atomic E-state index is 0.105. The molecule has 0 aliphatic carbocycles. The molecule has 12 heteroatoms. The highest BCUT2D eigenvalue weighted by Gasteiger charge is 2.75. The van der Waals surface area contributed by atoms with Gasteiger partial charge in [-0.25, -0.2) is 0 Å². The van der Waals surface area contributed by atoms with Crippen LogP contribution in [0.5, 0.6) is 5.75 Å². The SMILES string of the molecule is COc1ccc(N2C/C=C\CCC(=O)N[C@@H](C)[C@H](c3ccccc3)OC(=O)[C@H]3[C@@H]4O[C@@]5(C=C4Br)[C@@H]3C(=O)N([C@H](CO)c3ccccc3)[C@@H]5C2=O)cc1. The fourth-order valence-electron chi connectivity index (χ4n) is 8.02. The summed E-state index contributed by atoms with van der Waals surface area (Å²) in [4.78, 5) is 60.9. The summed E-state index contributed by atoms with van der Waals surface area (Å²) in [7, 11) is 1.55. The predicted molar refractivity (Wildman–Crippen MR) is 195 cm³/mol. The standard InChI is InChI=1S/C40H40BrN3O8/c1-24-34(26-14-8-4-9-15-26)51-39(49)32-33-37(47)44(30(23-45)25-12-6-3-7-13-25)36(40(33)22-29(41)35(32)52-40)38(48)43(21-11-5-10-16-31(46)42-24)27-17-19-28(50-2)20-18-27/h3-9,11-15,17-20,22,24,30,32-36,45H,10,16,21,23H2,1-2H3,(H,42,46)/b11-5-/t24-,30+,32+,33-,34+,35+,36+,40-/m0/s1. The lowest BCUT2D eigenvalue weighted by Crippen LogP contribution is -2.57. The van der Waals surface area contributed by atoms with Crippen molar-refractivity contribution in [2.45, 2.75) is 55.7 Å². The lowest BCUT2D eigenvalue weighted by atomic mass is 9.74. The number of carbonyl (C=O) groups excluding carboxylic acids is 4. The van der Waals surface area contributed by atoms with Gasteiger partial charge < -0.3 is 34.4 Å². The van der Waals surface area contributed by atoms with Gasteiger partial charge >= 0.3 is 5.97 Å². The van der Waals surface area contributed by atoms with Crippen LogP contribution in [-0.2, 0) is 28.7 Å². The third-order valence-electron chi connectivity index (χ3n) is 10.4. The van der Waals surface area contributed by atoms with E-state index in [1.54, 1.807) is 73.5 Å². The molecule has 7 rings (SSSR count). The van der Waals surface area contributed by atoms with Crippen molar-refractivity contribution >= 4 is 45.3 Å². The zero-order chi connectivity index (χ0) is 36.6. The van der Waals surface area contributed by atoms with E-state index in [9.17, 15) is 14.7 Å². The highest BCUT2D eigenvalue weighted by molar-refractivity contribution is 9.11. The molecule has 0 radical (unpaired) electrons. The number of anilines is 1. The van der Waals surface area contributed by atoms with Crippen molar-refractivity contribution in [1.29, 1.82) is 0 Å². The Kier molecular flexibility index (Phi) is 10.1. The number of methoxy groups -OCH3 is 1. The average molecular weight is 771 g/mol. The number of fused-ring (bicyclic) bond motifs is 2. The molecule has 4 aliphatic heterocycles. The normalized spacial score (nSPS) is 30.3. The zero-order valence-corrected chi connectivity index (χ0v) is 30.3. The number of esters is 1. The molecular formula is C40H40BrN3O8. The molecule has 8 atom stereocenters. The van der Waals surface area contributed by atoms with E-state index in [0.29, 0.717) is 33.5 Å². The molecule has 0 aromatic heterocycles. The maximum atomic E-state index is 15.3. The maximum absolute atomic E-state index is 15.3. The minimum atomic E-state index is -1.58. The molecule has 4 aliphatic rings. The number of hydrogen-bond donors (Lipinski definition) is 2. The lowest BCUT2D eigenvalue weighted by Gasteiger charge is -2.38. The monoisotopic (exact) mass is 769 g/mol. The number of likely N-dealkylation sites (tertiary alicyclic amines) is 1. The summed E-state index contributed by atoms with van der Waals surface area (Å²) < 4.78 is 18.9. The number of ether oxygens (including phenoxy) is 3. The van der Waals surface area contributed by atoms with E-state index >= 15 is 9.59 Å².